The first kappa shape index (κ1) is 27.6. The Balaban J connectivity index is 1.21. The zero-order chi connectivity index (χ0) is 29.1. The highest BCUT2D eigenvalue weighted by atomic mass is 16.5. The Kier molecular flexibility index (Phi) is 7.98. The van der Waals surface area contributed by atoms with Crippen LogP contribution >= 0.6 is 0 Å². The lowest BCUT2D eigenvalue weighted by Crippen LogP contribution is -2.45. The lowest BCUT2D eigenvalue weighted by atomic mass is 9.94. The summed E-state index contributed by atoms with van der Waals surface area (Å²) in [6.45, 7) is 0.764. The fourth-order valence-electron chi connectivity index (χ4n) is 5.81. The molecule has 0 unspecified atom stereocenters. The zero-order valence-corrected chi connectivity index (χ0v) is 23.6. The third-order valence-corrected chi connectivity index (χ3v) is 8.14. The van der Waals surface area contributed by atoms with E-state index in [1.165, 1.54) is 24.8 Å². The highest BCUT2D eigenvalue weighted by Gasteiger charge is 2.38. The number of methoxy groups -OCH3 is 1. The number of aromatic amines is 1. The largest absolute Gasteiger partial charge is 0.493 e. The highest BCUT2D eigenvalue weighted by Crippen LogP contribution is 2.29. The lowest BCUT2D eigenvalue weighted by Gasteiger charge is -2.21. The van der Waals surface area contributed by atoms with Crippen molar-refractivity contribution in [1.82, 2.24) is 25.7 Å². The van der Waals surface area contributed by atoms with Crippen molar-refractivity contribution in [2.75, 3.05) is 26.8 Å². The Morgan fingerprint density at radius 1 is 1.10 bits per heavy atom. The van der Waals surface area contributed by atoms with Gasteiger partial charge in [-0.1, -0.05) is 12.1 Å². The summed E-state index contributed by atoms with van der Waals surface area (Å²) in [6, 6.07) is 11.8. The van der Waals surface area contributed by atoms with Gasteiger partial charge in [-0.25, -0.2) is 0 Å². The Morgan fingerprint density at radius 2 is 1.93 bits per heavy atom. The van der Waals surface area contributed by atoms with Crippen LogP contribution in [0.1, 0.15) is 52.1 Å². The van der Waals surface area contributed by atoms with Gasteiger partial charge in [-0.2, -0.15) is 5.10 Å². The van der Waals surface area contributed by atoms with Crippen molar-refractivity contribution >= 4 is 17.7 Å². The third kappa shape index (κ3) is 6.05. The number of hydrogen-bond donors (Lipinski definition) is 3. The van der Waals surface area contributed by atoms with Crippen molar-refractivity contribution in [2.24, 2.45) is 0 Å². The van der Waals surface area contributed by atoms with Gasteiger partial charge in [0.05, 0.1) is 25.4 Å². The number of aryl methyl sites for hydroxylation is 2. The van der Waals surface area contributed by atoms with Crippen LogP contribution in [0.4, 0.5) is 0 Å². The van der Waals surface area contributed by atoms with Gasteiger partial charge in [0.25, 0.3) is 11.8 Å². The quantitative estimate of drug-likeness (QED) is 0.436. The summed E-state index contributed by atoms with van der Waals surface area (Å²) in [5.74, 6) is 0.660. The molecule has 4 aliphatic rings. The molecule has 7 rings (SSSR count). The number of rotatable bonds is 4. The van der Waals surface area contributed by atoms with Gasteiger partial charge in [0, 0.05) is 37.2 Å². The molecule has 3 aliphatic heterocycles. The molecule has 3 amide bonds. The SMILES string of the molecule is COc1ccc2cc1OCC(=O)NCc1ccc(cc1)O[C@H]1CN(C(=O)CCc3n[nH]c4c3CCCC4)C[C@@H]1NC2=O. The van der Waals surface area contributed by atoms with E-state index in [9.17, 15) is 14.4 Å². The number of carbonyl (C=O) groups is 3. The van der Waals surface area contributed by atoms with E-state index in [2.05, 4.69) is 20.8 Å². The Labute approximate surface area is 243 Å². The van der Waals surface area contributed by atoms with E-state index in [1.807, 2.05) is 24.3 Å². The van der Waals surface area contributed by atoms with E-state index in [1.54, 1.807) is 23.1 Å². The number of likely N-dealkylation sites (tertiary alicyclic amines) is 1. The normalized spacial score (nSPS) is 20.4. The number of carbonyl (C=O) groups excluding carboxylic acids is 3. The molecule has 4 heterocycles. The number of fused-ring (bicyclic) bond motifs is 8. The molecule has 11 nitrogen and oxygen atoms in total. The van der Waals surface area contributed by atoms with Crippen LogP contribution in [0.5, 0.6) is 17.2 Å². The minimum Gasteiger partial charge on any atom is -0.493 e. The maximum atomic E-state index is 13.4. The van der Waals surface area contributed by atoms with E-state index in [0.717, 1.165) is 30.5 Å². The first-order valence-electron chi connectivity index (χ1n) is 14.4. The van der Waals surface area contributed by atoms with E-state index < -0.39 is 12.1 Å². The van der Waals surface area contributed by atoms with E-state index in [-0.39, 0.29) is 30.1 Å². The molecule has 2 aromatic carbocycles. The summed E-state index contributed by atoms with van der Waals surface area (Å²) in [6.07, 6.45) is 4.80. The fraction of sp³-hybridized carbons (Fsp3) is 0.419. The topological polar surface area (TPSA) is 135 Å². The number of ether oxygens (including phenoxy) is 3. The zero-order valence-electron chi connectivity index (χ0n) is 23.6. The monoisotopic (exact) mass is 573 g/mol. The molecule has 0 radical (unpaired) electrons. The maximum Gasteiger partial charge on any atom is 0.258 e. The number of benzene rings is 2. The van der Waals surface area contributed by atoms with Crippen LogP contribution in [0.3, 0.4) is 0 Å². The second kappa shape index (κ2) is 12.1. The predicted octanol–water partition coefficient (Wildman–Crippen LogP) is 2.33. The first-order valence-corrected chi connectivity index (χ1v) is 14.4. The lowest BCUT2D eigenvalue weighted by molar-refractivity contribution is -0.130. The van der Waals surface area contributed by atoms with Gasteiger partial charge in [0.1, 0.15) is 11.9 Å². The summed E-state index contributed by atoms with van der Waals surface area (Å²) < 4.78 is 17.4. The van der Waals surface area contributed by atoms with E-state index >= 15 is 0 Å². The summed E-state index contributed by atoms with van der Waals surface area (Å²) >= 11 is 0. The van der Waals surface area contributed by atoms with Crippen molar-refractivity contribution < 1.29 is 28.6 Å². The Hall–Kier alpha value is -4.54. The molecule has 0 spiro atoms. The van der Waals surface area contributed by atoms with Gasteiger partial charge >= 0.3 is 0 Å². The van der Waals surface area contributed by atoms with Crippen molar-refractivity contribution in [3.63, 3.8) is 0 Å². The average Bonchev–Trinajstić information content (AvgIpc) is 3.61. The highest BCUT2D eigenvalue weighted by molar-refractivity contribution is 5.95. The van der Waals surface area contributed by atoms with Crippen LogP contribution < -0.4 is 24.8 Å². The van der Waals surface area contributed by atoms with Crippen molar-refractivity contribution in [3.8, 4) is 17.2 Å². The van der Waals surface area contributed by atoms with Gasteiger partial charge in [0.15, 0.2) is 18.1 Å². The molecule has 3 N–H and O–H groups in total. The first-order chi connectivity index (χ1) is 20.5. The summed E-state index contributed by atoms with van der Waals surface area (Å²) in [4.78, 5) is 40.9. The maximum absolute atomic E-state index is 13.4. The van der Waals surface area contributed by atoms with Crippen molar-refractivity contribution in [1.29, 1.82) is 0 Å². The molecule has 2 atom stereocenters. The van der Waals surface area contributed by atoms with Gasteiger partial charge in [-0.05, 0) is 67.1 Å². The number of nitrogens with zero attached hydrogens (tertiary/aromatic N) is 2. The molecule has 220 valence electrons. The molecular weight excluding hydrogens is 538 g/mol. The molecule has 0 saturated carbocycles. The van der Waals surface area contributed by atoms with Gasteiger partial charge in [-0.15, -0.1) is 0 Å². The number of aromatic nitrogens is 2. The number of hydrogen-bond acceptors (Lipinski definition) is 7. The molecule has 1 saturated heterocycles. The number of amides is 3. The van der Waals surface area contributed by atoms with Gasteiger partial charge < -0.3 is 29.7 Å². The summed E-state index contributed by atoms with van der Waals surface area (Å²) in [5, 5.41) is 13.5. The van der Waals surface area contributed by atoms with Crippen molar-refractivity contribution in [2.45, 2.75) is 57.2 Å². The molecule has 42 heavy (non-hydrogen) atoms. The minimum absolute atomic E-state index is 0.00118. The minimum atomic E-state index is -0.453. The van der Waals surface area contributed by atoms with Crippen molar-refractivity contribution in [3.05, 3.63) is 70.5 Å². The molecule has 4 bridgehead atoms. The van der Waals surface area contributed by atoms with Crippen LogP contribution in [0.25, 0.3) is 0 Å². The van der Waals surface area contributed by atoms with Crippen LogP contribution in [-0.4, -0.2) is 71.8 Å². The van der Waals surface area contributed by atoms with E-state index in [0.29, 0.717) is 49.5 Å². The van der Waals surface area contributed by atoms with E-state index in [4.69, 9.17) is 14.2 Å². The predicted molar refractivity (Wildman–Crippen MR) is 153 cm³/mol. The molecule has 1 fully saturated rings. The molecule has 1 aliphatic carbocycles. The average molecular weight is 574 g/mol. The van der Waals surface area contributed by atoms with Crippen LogP contribution in [0, 0.1) is 0 Å². The second-order valence-corrected chi connectivity index (χ2v) is 10.9. The third-order valence-electron chi connectivity index (χ3n) is 8.14. The molecule has 1 aromatic heterocycles. The fourth-order valence-corrected chi connectivity index (χ4v) is 5.81. The second-order valence-electron chi connectivity index (χ2n) is 10.9. The molecule has 11 heteroatoms. The standard InChI is InChI=1S/C31H35N5O6/c1-40-26-12-8-20-14-27(26)41-18-29(37)32-15-19-6-9-21(10-7-19)42-28-17-36(16-25(28)33-31(20)39)30(38)13-11-24-22-4-2-3-5-23(22)34-35-24/h6-10,12,14,25,28H,2-5,11,13,15-18H2,1H3,(H,32,37)(H,33,39)(H,34,35)/t25-,28-/m0/s1. The summed E-state index contributed by atoms with van der Waals surface area (Å²) in [7, 11) is 1.49. The molecular formula is C31H35N5O6. The Morgan fingerprint density at radius 3 is 2.76 bits per heavy atom. The van der Waals surface area contributed by atoms with Crippen LogP contribution in [-0.2, 0) is 35.4 Å². The number of H-pyrrole nitrogens is 1. The molecule has 3 aromatic rings. The van der Waals surface area contributed by atoms with Crippen LogP contribution in [0.15, 0.2) is 42.5 Å². The number of nitrogens with one attached hydrogen (secondary N) is 3. The Bertz CT molecular complexity index is 1470. The van der Waals surface area contributed by atoms with Gasteiger partial charge in [-0.3, -0.25) is 19.5 Å². The van der Waals surface area contributed by atoms with Gasteiger partial charge in [0.2, 0.25) is 5.91 Å². The van der Waals surface area contributed by atoms with Crippen LogP contribution in [0.2, 0.25) is 0 Å². The smallest absolute Gasteiger partial charge is 0.258 e. The summed E-state index contributed by atoms with van der Waals surface area (Å²) in [5.41, 5.74) is 4.69.